The second kappa shape index (κ2) is 10.3. The summed E-state index contributed by atoms with van der Waals surface area (Å²) in [6, 6.07) is 9.28. The number of carbonyl (C=O) groups excluding carboxylic acids is 2. The summed E-state index contributed by atoms with van der Waals surface area (Å²) < 4.78 is 12.4. The number of methoxy groups -OCH3 is 2. The number of aryl methyl sites for hydroxylation is 1. The van der Waals surface area contributed by atoms with Crippen molar-refractivity contribution in [3.8, 4) is 11.5 Å². The van der Waals surface area contributed by atoms with Gasteiger partial charge in [0.1, 0.15) is 5.76 Å². The second-order valence-corrected chi connectivity index (χ2v) is 8.07. The van der Waals surface area contributed by atoms with Crippen LogP contribution >= 0.6 is 0 Å². The average molecular weight is 492 g/mol. The predicted molar refractivity (Wildman–Crippen MR) is 128 cm³/mol. The number of ether oxygens (including phenoxy) is 2. The number of amides is 1. The number of carbonyl (C=O) groups is 2. The van der Waals surface area contributed by atoms with Crippen LogP contribution in [0.3, 0.4) is 0 Å². The van der Waals surface area contributed by atoms with Gasteiger partial charge in [0, 0.05) is 43.2 Å². The highest BCUT2D eigenvalue weighted by atomic mass is 16.6. The molecule has 0 saturated carbocycles. The van der Waals surface area contributed by atoms with Crippen LogP contribution in [0, 0.1) is 10.1 Å². The molecule has 1 aromatic heterocycles. The number of ketones is 1. The van der Waals surface area contributed by atoms with Crippen molar-refractivity contribution in [2.45, 2.75) is 19.0 Å². The van der Waals surface area contributed by atoms with Gasteiger partial charge < -0.3 is 24.0 Å². The Bertz CT molecular complexity index is 1330. The molecule has 1 aliphatic heterocycles. The fourth-order valence-corrected chi connectivity index (χ4v) is 4.25. The summed E-state index contributed by atoms with van der Waals surface area (Å²) in [6.45, 7) is 0.721. The first-order chi connectivity index (χ1) is 17.3. The van der Waals surface area contributed by atoms with E-state index in [0.717, 1.165) is 0 Å². The summed E-state index contributed by atoms with van der Waals surface area (Å²) in [4.78, 5) is 42.5. The number of aliphatic hydroxyl groups excluding tert-OH is 1. The van der Waals surface area contributed by atoms with Crippen LogP contribution in [0.4, 0.5) is 5.69 Å². The molecule has 0 unspecified atom stereocenters. The zero-order chi connectivity index (χ0) is 25.8. The highest BCUT2D eigenvalue weighted by Gasteiger charge is 2.46. The maximum absolute atomic E-state index is 13.2. The first kappa shape index (κ1) is 24.5. The maximum atomic E-state index is 13.2. The zero-order valence-electron chi connectivity index (χ0n) is 19.7. The molecule has 1 amide bonds. The zero-order valence-corrected chi connectivity index (χ0v) is 19.7. The lowest BCUT2D eigenvalue weighted by molar-refractivity contribution is -0.384. The van der Waals surface area contributed by atoms with E-state index in [-0.39, 0.29) is 23.4 Å². The van der Waals surface area contributed by atoms with Crippen molar-refractivity contribution in [3.63, 3.8) is 0 Å². The highest BCUT2D eigenvalue weighted by molar-refractivity contribution is 6.46. The number of benzene rings is 2. The molecule has 0 radical (unpaired) electrons. The first-order valence-electron chi connectivity index (χ1n) is 11.1. The van der Waals surface area contributed by atoms with Gasteiger partial charge in [0.05, 0.1) is 37.1 Å². The van der Waals surface area contributed by atoms with Crippen LogP contribution in [-0.2, 0) is 16.1 Å². The quantitative estimate of drug-likeness (QED) is 0.158. The van der Waals surface area contributed by atoms with Crippen LogP contribution in [0.2, 0.25) is 0 Å². The van der Waals surface area contributed by atoms with Crippen molar-refractivity contribution < 1.29 is 29.1 Å². The van der Waals surface area contributed by atoms with Gasteiger partial charge in [-0.3, -0.25) is 19.7 Å². The molecule has 1 fully saturated rings. The highest BCUT2D eigenvalue weighted by Crippen LogP contribution is 2.41. The van der Waals surface area contributed by atoms with Crippen LogP contribution in [0.1, 0.15) is 23.6 Å². The Morgan fingerprint density at radius 3 is 2.56 bits per heavy atom. The minimum atomic E-state index is -1.01. The van der Waals surface area contributed by atoms with Crippen molar-refractivity contribution in [2.75, 3.05) is 20.8 Å². The van der Waals surface area contributed by atoms with E-state index in [0.29, 0.717) is 30.0 Å². The molecule has 4 rings (SSSR count). The topological polar surface area (TPSA) is 137 Å². The number of nitrogens with zero attached hydrogens (tertiary/aromatic N) is 4. The molecule has 0 bridgehead atoms. The van der Waals surface area contributed by atoms with Gasteiger partial charge in [-0.25, -0.2) is 4.98 Å². The number of hydrogen-bond acceptors (Lipinski definition) is 8. The molecular formula is C25H24N4O7. The first-order valence-corrected chi connectivity index (χ1v) is 11.1. The number of imidazole rings is 1. The van der Waals surface area contributed by atoms with Crippen LogP contribution in [0.5, 0.6) is 11.5 Å². The lowest BCUT2D eigenvalue weighted by atomic mass is 9.94. The molecule has 2 aromatic carbocycles. The molecule has 1 N–H and O–H groups in total. The van der Waals surface area contributed by atoms with Crippen molar-refractivity contribution >= 4 is 23.1 Å². The van der Waals surface area contributed by atoms with Crippen LogP contribution < -0.4 is 9.47 Å². The molecule has 36 heavy (non-hydrogen) atoms. The Labute approximate surface area is 206 Å². The molecule has 3 aromatic rings. The van der Waals surface area contributed by atoms with Crippen LogP contribution in [0.25, 0.3) is 5.76 Å². The smallest absolute Gasteiger partial charge is 0.295 e. The molecule has 0 aliphatic carbocycles. The summed E-state index contributed by atoms with van der Waals surface area (Å²) >= 11 is 0. The summed E-state index contributed by atoms with van der Waals surface area (Å²) in [5.74, 6) is -1.34. The van der Waals surface area contributed by atoms with Gasteiger partial charge in [-0.2, -0.15) is 0 Å². The summed E-state index contributed by atoms with van der Waals surface area (Å²) in [5, 5.41) is 22.6. The van der Waals surface area contributed by atoms with E-state index in [9.17, 15) is 24.8 Å². The molecule has 1 saturated heterocycles. The van der Waals surface area contributed by atoms with E-state index in [1.165, 1.54) is 49.5 Å². The number of hydrogen-bond donors (Lipinski definition) is 1. The molecule has 1 aliphatic rings. The molecule has 11 heteroatoms. The van der Waals surface area contributed by atoms with Crippen molar-refractivity contribution in [2.24, 2.45) is 0 Å². The van der Waals surface area contributed by atoms with Gasteiger partial charge in [-0.05, 0) is 30.2 Å². The minimum Gasteiger partial charge on any atom is -0.507 e. The monoisotopic (exact) mass is 492 g/mol. The van der Waals surface area contributed by atoms with Gasteiger partial charge in [0.15, 0.2) is 11.5 Å². The Hall–Kier alpha value is -4.67. The number of nitro benzene ring substituents is 1. The molecule has 2 heterocycles. The third-order valence-electron chi connectivity index (χ3n) is 5.97. The Balaban J connectivity index is 1.79. The van der Waals surface area contributed by atoms with Gasteiger partial charge in [-0.15, -0.1) is 0 Å². The lowest BCUT2D eigenvalue weighted by Gasteiger charge is -2.25. The van der Waals surface area contributed by atoms with E-state index in [2.05, 4.69) is 4.98 Å². The average Bonchev–Trinajstić information content (AvgIpc) is 3.50. The van der Waals surface area contributed by atoms with E-state index in [4.69, 9.17) is 9.47 Å². The third-order valence-corrected chi connectivity index (χ3v) is 5.97. The number of likely N-dealkylation sites (tertiary alicyclic amines) is 1. The molecule has 186 valence electrons. The Morgan fingerprint density at radius 2 is 1.89 bits per heavy atom. The van der Waals surface area contributed by atoms with E-state index in [1.54, 1.807) is 30.9 Å². The van der Waals surface area contributed by atoms with E-state index in [1.807, 2.05) is 4.57 Å². The molecular weight excluding hydrogens is 468 g/mol. The second-order valence-electron chi connectivity index (χ2n) is 8.07. The van der Waals surface area contributed by atoms with Gasteiger partial charge >= 0.3 is 0 Å². The lowest BCUT2D eigenvalue weighted by Crippen LogP contribution is -2.31. The minimum absolute atomic E-state index is 0.157. The van der Waals surface area contributed by atoms with Crippen LogP contribution in [0.15, 0.2) is 66.8 Å². The van der Waals surface area contributed by atoms with Gasteiger partial charge in [-0.1, -0.05) is 12.1 Å². The van der Waals surface area contributed by atoms with E-state index < -0.39 is 28.4 Å². The summed E-state index contributed by atoms with van der Waals surface area (Å²) in [7, 11) is 2.90. The number of aliphatic hydroxyl groups is 1. The third kappa shape index (κ3) is 4.63. The fraction of sp³-hybridized carbons (Fsp3) is 0.240. The van der Waals surface area contributed by atoms with Crippen molar-refractivity contribution in [3.05, 3.63) is 88.0 Å². The fourth-order valence-electron chi connectivity index (χ4n) is 4.25. The molecule has 1 atom stereocenters. The number of non-ortho nitro benzene ring substituents is 1. The number of rotatable bonds is 9. The Kier molecular flexibility index (Phi) is 7.00. The van der Waals surface area contributed by atoms with E-state index >= 15 is 0 Å². The number of nitro groups is 1. The van der Waals surface area contributed by atoms with Gasteiger partial charge in [0.25, 0.3) is 17.4 Å². The molecule has 11 nitrogen and oxygen atoms in total. The SMILES string of the molecule is COc1ccc(C(O)=C2C(=O)C(=O)N(CCCn3ccnc3)[C@@H]2c2cccc([N+](=O)[O-])c2)cc1OC. The summed E-state index contributed by atoms with van der Waals surface area (Å²) in [5.41, 5.74) is 0.227. The maximum Gasteiger partial charge on any atom is 0.295 e. The molecule has 0 spiro atoms. The number of aromatic nitrogens is 2. The standard InChI is InChI=1S/C25H24N4O7/c1-35-19-8-7-17(14-20(19)36-2)23(30)21-22(16-5-3-6-18(13-16)29(33)34)28(25(32)24(21)31)11-4-10-27-12-9-26-15-27/h3,5-9,12-15,22,30H,4,10-11H2,1-2H3/t22-/m1/s1. The van der Waals surface area contributed by atoms with Crippen molar-refractivity contribution in [1.82, 2.24) is 14.5 Å². The Morgan fingerprint density at radius 1 is 1.11 bits per heavy atom. The predicted octanol–water partition coefficient (Wildman–Crippen LogP) is 3.32. The summed E-state index contributed by atoms with van der Waals surface area (Å²) in [6.07, 6.45) is 5.55. The largest absolute Gasteiger partial charge is 0.507 e. The van der Waals surface area contributed by atoms with Crippen LogP contribution in [-0.4, -0.2) is 56.9 Å². The normalized spacial score (nSPS) is 16.8. The van der Waals surface area contributed by atoms with Crippen molar-refractivity contribution in [1.29, 1.82) is 0 Å². The number of Topliss-reactive ketones (excluding diaryl/α,β-unsaturated/α-hetero) is 1. The van der Waals surface area contributed by atoms with Gasteiger partial charge in [0.2, 0.25) is 0 Å².